The number of Topliss-reactive ketones (excluding diaryl/α,β-unsaturated/α-hetero) is 2. The lowest BCUT2D eigenvalue weighted by Crippen LogP contribution is -1.99. The first-order chi connectivity index (χ1) is 24.9. The molecule has 8 aromatic rings. The van der Waals surface area contributed by atoms with Gasteiger partial charge in [0.2, 0.25) is 0 Å². The quantitative estimate of drug-likeness (QED) is 0.151. The number of hydrogen-bond donors (Lipinski definition) is 0. The molecule has 6 nitrogen and oxygen atoms in total. The van der Waals surface area contributed by atoms with E-state index in [-0.39, 0.29) is 11.6 Å². The van der Waals surface area contributed by atoms with Gasteiger partial charge in [-0.25, -0.2) is 19.9 Å². The summed E-state index contributed by atoms with van der Waals surface area (Å²) >= 11 is 0. The number of carbonyl (C=O) groups excluding carboxylic acids is 2. The summed E-state index contributed by atoms with van der Waals surface area (Å²) in [6.07, 6.45) is 0.668. The maximum absolute atomic E-state index is 12.0. The zero-order chi connectivity index (χ0) is 34.9. The minimum Gasteiger partial charge on any atom is -0.295 e. The van der Waals surface area contributed by atoms with Gasteiger partial charge in [-0.05, 0) is 55.7 Å². The summed E-state index contributed by atoms with van der Waals surface area (Å²) in [7, 11) is 0. The van der Waals surface area contributed by atoms with Crippen LogP contribution < -0.4 is 0 Å². The fraction of sp³-hybridized carbons (Fsp3) is 0.0667. The average Bonchev–Trinajstić information content (AvgIpc) is 3.17. The van der Waals surface area contributed by atoms with E-state index in [2.05, 4.69) is 24.3 Å². The number of ketones is 2. The first-order valence-corrected chi connectivity index (χ1v) is 16.8. The Hall–Kier alpha value is -6.66. The van der Waals surface area contributed by atoms with E-state index in [0.717, 1.165) is 78.2 Å². The zero-order valence-electron chi connectivity index (χ0n) is 28.2. The predicted octanol–water partition coefficient (Wildman–Crippen LogP) is 10.2. The molecular formula is C45H32N4O2. The largest absolute Gasteiger partial charge is 0.295 e. The fourth-order valence-corrected chi connectivity index (χ4v) is 6.38. The second-order valence-electron chi connectivity index (χ2n) is 12.7. The number of fused-ring (bicyclic) bond motifs is 2. The predicted molar refractivity (Wildman–Crippen MR) is 204 cm³/mol. The number of rotatable bonds is 8. The lowest BCUT2D eigenvalue weighted by Gasteiger charge is -2.13. The van der Waals surface area contributed by atoms with E-state index >= 15 is 0 Å². The summed E-state index contributed by atoms with van der Waals surface area (Å²) in [6.45, 7) is 3.14. The Kier molecular flexibility index (Phi) is 8.26. The Morgan fingerprint density at radius 3 is 1.08 bits per heavy atom. The van der Waals surface area contributed by atoms with Gasteiger partial charge in [0.25, 0.3) is 0 Å². The molecule has 0 amide bonds. The van der Waals surface area contributed by atoms with Crippen LogP contribution in [0.1, 0.15) is 45.7 Å². The molecule has 244 valence electrons. The van der Waals surface area contributed by atoms with Gasteiger partial charge in [-0.15, -0.1) is 0 Å². The maximum Gasteiger partial charge on any atom is 0.159 e. The Balaban J connectivity index is 1.18. The average molecular weight is 661 g/mol. The van der Waals surface area contributed by atoms with Crippen LogP contribution in [0.5, 0.6) is 0 Å². The molecule has 0 saturated carbocycles. The number of hydrogen-bond acceptors (Lipinski definition) is 6. The van der Waals surface area contributed by atoms with E-state index in [4.69, 9.17) is 19.9 Å². The van der Waals surface area contributed by atoms with Crippen molar-refractivity contribution in [3.8, 4) is 45.0 Å². The van der Waals surface area contributed by atoms with Crippen LogP contribution in [0.2, 0.25) is 0 Å². The van der Waals surface area contributed by atoms with Gasteiger partial charge in [0.15, 0.2) is 11.6 Å². The molecule has 0 aliphatic rings. The van der Waals surface area contributed by atoms with Gasteiger partial charge in [0.1, 0.15) is 0 Å². The molecule has 2 aromatic heterocycles. The minimum absolute atomic E-state index is 0.0231. The van der Waals surface area contributed by atoms with E-state index in [1.165, 1.54) is 0 Å². The zero-order valence-corrected chi connectivity index (χ0v) is 28.2. The van der Waals surface area contributed by atoms with Crippen LogP contribution in [0, 0.1) is 0 Å². The van der Waals surface area contributed by atoms with Crippen molar-refractivity contribution in [3.63, 3.8) is 0 Å². The third kappa shape index (κ3) is 6.43. The van der Waals surface area contributed by atoms with Gasteiger partial charge in [-0.2, -0.15) is 0 Å². The molecule has 0 atom stereocenters. The molecule has 0 radical (unpaired) electrons. The van der Waals surface area contributed by atoms with Gasteiger partial charge < -0.3 is 0 Å². The summed E-state index contributed by atoms with van der Waals surface area (Å²) in [5, 5.41) is 0. The van der Waals surface area contributed by atoms with E-state index in [9.17, 15) is 9.59 Å². The highest BCUT2D eigenvalue weighted by Gasteiger charge is 2.16. The molecule has 0 N–H and O–H groups in total. The highest BCUT2D eigenvalue weighted by atomic mass is 16.1. The second-order valence-corrected chi connectivity index (χ2v) is 12.7. The second kappa shape index (κ2) is 13.3. The van der Waals surface area contributed by atoms with Crippen LogP contribution in [0.25, 0.3) is 67.1 Å². The summed E-state index contributed by atoms with van der Waals surface area (Å²) in [6, 6.07) is 47.7. The molecule has 6 heteroatoms. The minimum atomic E-state index is 0.0231. The Morgan fingerprint density at radius 2 is 0.725 bits per heavy atom. The summed E-state index contributed by atoms with van der Waals surface area (Å²) in [5.74, 6) is 0.0462. The molecule has 0 spiro atoms. The number of benzene rings is 6. The van der Waals surface area contributed by atoms with Crippen molar-refractivity contribution in [3.05, 3.63) is 168 Å². The monoisotopic (exact) mass is 660 g/mol. The number of carbonyl (C=O) groups is 2. The van der Waals surface area contributed by atoms with Crippen LogP contribution in [0.4, 0.5) is 0 Å². The topological polar surface area (TPSA) is 85.7 Å². The van der Waals surface area contributed by atoms with Crippen molar-refractivity contribution in [2.24, 2.45) is 0 Å². The summed E-state index contributed by atoms with van der Waals surface area (Å²) in [5.41, 5.74) is 13.6. The number of nitrogens with zero attached hydrogens (tertiary/aromatic N) is 4. The molecule has 0 saturated heterocycles. The molecule has 0 fully saturated rings. The molecule has 2 heterocycles. The highest BCUT2D eigenvalue weighted by Crippen LogP contribution is 2.33. The van der Waals surface area contributed by atoms with E-state index in [1.54, 1.807) is 13.8 Å². The SMILES string of the molecule is CC(=O)c1ccc(-c2nc3cc(Cc4ccc5nc(-c6ccccc6)c(-c6ccc(C(C)=O)cc6)nc5c4)ccc3nc2-c2ccccc2)cc1. The van der Waals surface area contributed by atoms with E-state index in [1.807, 2.05) is 121 Å². The van der Waals surface area contributed by atoms with E-state index in [0.29, 0.717) is 17.5 Å². The molecule has 0 aliphatic carbocycles. The maximum atomic E-state index is 12.0. The van der Waals surface area contributed by atoms with Crippen LogP contribution in [-0.4, -0.2) is 31.5 Å². The molecule has 0 unspecified atom stereocenters. The highest BCUT2D eigenvalue weighted by molar-refractivity contribution is 5.96. The number of aromatic nitrogens is 4. The fourth-order valence-electron chi connectivity index (χ4n) is 6.38. The van der Waals surface area contributed by atoms with Crippen LogP contribution in [-0.2, 0) is 6.42 Å². The van der Waals surface area contributed by atoms with Crippen LogP contribution in [0.15, 0.2) is 146 Å². The Morgan fingerprint density at radius 1 is 0.392 bits per heavy atom. The first-order valence-electron chi connectivity index (χ1n) is 16.8. The molecule has 0 bridgehead atoms. The smallest absolute Gasteiger partial charge is 0.159 e. The summed E-state index contributed by atoms with van der Waals surface area (Å²) in [4.78, 5) is 44.4. The standard InChI is InChI=1S/C45H32N4O2/c1-28(50)32-15-19-36(20-16-32)44-42(34-9-5-3-6-10-34)46-38-23-13-30(26-40(38)48-44)25-31-14-24-39-41(27-31)49-45(37-21-17-33(18-22-37)29(2)51)43(47-39)35-11-7-4-8-12-35/h3-24,26-27H,25H2,1-2H3. The van der Waals surface area contributed by atoms with Crippen LogP contribution in [0.3, 0.4) is 0 Å². The third-order valence-corrected chi connectivity index (χ3v) is 9.09. The molecule has 51 heavy (non-hydrogen) atoms. The van der Waals surface area contributed by atoms with Gasteiger partial charge in [-0.3, -0.25) is 9.59 Å². The molecule has 0 aliphatic heterocycles. The van der Waals surface area contributed by atoms with Crippen molar-refractivity contribution >= 4 is 33.6 Å². The normalized spacial score (nSPS) is 11.2. The Labute approximate surface area is 295 Å². The summed E-state index contributed by atoms with van der Waals surface area (Å²) < 4.78 is 0. The van der Waals surface area contributed by atoms with Crippen molar-refractivity contribution in [1.82, 2.24) is 19.9 Å². The lowest BCUT2D eigenvalue weighted by atomic mass is 10.00. The Bertz CT molecular complexity index is 2400. The van der Waals surface area contributed by atoms with Gasteiger partial charge in [0.05, 0.1) is 44.8 Å². The molecule has 8 rings (SSSR count). The van der Waals surface area contributed by atoms with Crippen LogP contribution >= 0.6 is 0 Å². The van der Waals surface area contributed by atoms with Crippen molar-refractivity contribution < 1.29 is 9.59 Å². The lowest BCUT2D eigenvalue weighted by molar-refractivity contribution is 0.100. The van der Waals surface area contributed by atoms with Gasteiger partial charge >= 0.3 is 0 Å². The van der Waals surface area contributed by atoms with E-state index < -0.39 is 0 Å². The van der Waals surface area contributed by atoms with Crippen molar-refractivity contribution in [1.29, 1.82) is 0 Å². The third-order valence-electron chi connectivity index (χ3n) is 9.09. The van der Waals surface area contributed by atoms with Gasteiger partial charge in [0, 0.05) is 33.4 Å². The van der Waals surface area contributed by atoms with Gasteiger partial charge in [-0.1, -0.05) is 121 Å². The molecular weight excluding hydrogens is 629 g/mol. The van der Waals surface area contributed by atoms with Crippen molar-refractivity contribution in [2.75, 3.05) is 0 Å². The molecule has 6 aromatic carbocycles. The first kappa shape index (κ1) is 31.6. The van der Waals surface area contributed by atoms with Crippen molar-refractivity contribution in [2.45, 2.75) is 20.3 Å².